The molecule has 0 saturated heterocycles. The van der Waals surface area contributed by atoms with Crippen molar-refractivity contribution in [3.63, 3.8) is 0 Å². The van der Waals surface area contributed by atoms with Crippen LogP contribution >= 0.6 is 0 Å². The lowest BCUT2D eigenvalue weighted by molar-refractivity contribution is 0.284. The molecule has 17 heavy (non-hydrogen) atoms. The zero-order chi connectivity index (χ0) is 12.8. The lowest BCUT2D eigenvalue weighted by Gasteiger charge is -2.21. The molecular weight excluding hydrogens is 212 g/mol. The van der Waals surface area contributed by atoms with Crippen LogP contribution in [-0.4, -0.2) is 31.1 Å². The van der Waals surface area contributed by atoms with E-state index in [4.69, 9.17) is 11.0 Å². The van der Waals surface area contributed by atoms with Gasteiger partial charge in [0.05, 0.1) is 11.3 Å². The quantitative estimate of drug-likeness (QED) is 0.761. The molecule has 92 valence electrons. The highest BCUT2D eigenvalue weighted by Gasteiger charge is 2.04. The van der Waals surface area contributed by atoms with Crippen LogP contribution in [0, 0.1) is 11.3 Å². The Bertz CT molecular complexity index is 406. The van der Waals surface area contributed by atoms with Crippen molar-refractivity contribution in [3.8, 4) is 6.07 Å². The smallest absolute Gasteiger partial charge is 0.101 e. The molecule has 0 bridgehead atoms. The Morgan fingerprint density at radius 3 is 2.76 bits per heavy atom. The summed E-state index contributed by atoms with van der Waals surface area (Å²) in [5, 5.41) is 12.2. The molecule has 4 nitrogen and oxygen atoms in total. The molecule has 0 saturated carbocycles. The highest BCUT2D eigenvalue weighted by molar-refractivity contribution is 5.62. The Kier molecular flexibility index (Phi) is 4.80. The van der Waals surface area contributed by atoms with Crippen molar-refractivity contribution in [1.82, 2.24) is 4.90 Å². The van der Waals surface area contributed by atoms with Crippen molar-refractivity contribution in [1.29, 1.82) is 5.26 Å². The first-order chi connectivity index (χ1) is 8.04. The van der Waals surface area contributed by atoms with Crippen molar-refractivity contribution in [2.75, 3.05) is 31.2 Å². The van der Waals surface area contributed by atoms with Gasteiger partial charge in [-0.2, -0.15) is 5.26 Å². The number of nitrogens with two attached hydrogens (primary N) is 1. The van der Waals surface area contributed by atoms with Gasteiger partial charge in [0.15, 0.2) is 0 Å². The molecule has 3 N–H and O–H groups in total. The topological polar surface area (TPSA) is 65.1 Å². The first-order valence-electron chi connectivity index (χ1n) is 5.78. The average molecular weight is 232 g/mol. The number of hydrogen-bond donors (Lipinski definition) is 2. The Morgan fingerprint density at radius 1 is 1.47 bits per heavy atom. The van der Waals surface area contributed by atoms with Gasteiger partial charge in [0.2, 0.25) is 0 Å². The van der Waals surface area contributed by atoms with Crippen LogP contribution in [0.5, 0.6) is 0 Å². The lowest BCUT2D eigenvalue weighted by Crippen LogP contribution is -2.31. The predicted molar refractivity (Wildman–Crippen MR) is 71.8 cm³/mol. The van der Waals surface area contributed by atoms with Gasteiger partial charge in [-0.05, 0) is 39.1 Å². The SMILES string of the molecule is CC(C)N(C)CCNc1ccc(N)cc1C#N. The molecule has 4 heteroatoms. The number of nitrogens with one attached hydrogen (secondary N) is 1. The molecule has 0 spiro atoms. The van der Waals surface area contributed by atoms with Gasteiger partial charge in [0.1, 0.15) is 6.07 Å². The Balaban J connectivity index is 2.55. The van der Waals surface area contributed by atoms with Crippen LogP contribution in [0.1, 0.15) is 19.4 Å². The van der Waals surface area contributed by atoms with Gasteiger partial charge < -0.3 is 16.0 Å². The molecule has 0 radical (unpaired) electrons. The average Bonchev–Trinajstić information content (AvgIpc) is 2.30. The van der Waals surface area contributed by atoms with Gasteiger partial charge in [-0.25, -0.2) is 0 Å². The molecule has 0 aliphatic rings. The monoisotopic (exact) mass is 232 g/mol. The van der Waals surface area contributed by atoms with Crippen LogP contribution in [0.3, 0.4) is 0 Å². The summed E-state index contributed by atoms with van der Waals surface area (Å²) in [5.74, 6) is 0. The Labute approximate surface area is 103 Å². The lowest BCUT2D eigenvalue weighted by atomic mass is 10.1. The summed E-state index contributed by atoms with van der Waals surface area (Å²) in [6, 6.07) is 8.01. The van der Waals surface area contributed by atoms with Gasteiger partial charge >= 0.3 is 0 Å². The number of anilines is 2. The van der Waals surface area contributed by atoms with Crippen molar-refractivity contribution in [2.24, 2.45) is 0 Å². The minimum absolute atomic E-state index is 0.527. The van der Waals surface area contributed by atoms with Crippen LogP contribution < -0.4 is 11.1 Å². The third-order valence-corrected chi connectivity index (χ3v) is 2.83. The maximum Gasteiger partial charge on any atom is 0.101 e. The van der Waals surface area contributed by atoms with Crippen LogP contribution in [0.25, 0.3) is 0 Å². The summed E-state index contributed by atoms with van der Waals surface area (Å²) in [6.07, 6.45) is 0. The van der Waals surface area contributed by atoms with Crippen molar-refractivity contribution in [3.05, 3.63) is 23.8 Å². The number of hydrogen-bond acceptors (Lipinski definition) is 4. The molecule has 0 heterocycles. The molecule has 0 aliphatic heterocycles. The molecule has 0 aromatic heterocycles. The highest BCUT2D eigenvalue weighted by Crippen LogP contribution is 2.17. The van der Waals surface area contributed by atoms with E-state index < -0.39 is 0 Å². The third-order valence-electron chi connectivity index (χ3n) is 2.83. The summed E-state index contributed by atoms with van der Waals surface area (Å²) in [7, 11) is 2.08. The summed E-state index contributed by atoms with van der Waals surface area (Å²) in [5.41, 5.74) is 7.69. The van der Waals surface area contributed by atoms with Gasteiger partial charge in [-0.3, -0.25) is 0 Å². The van der Waals surface area contributed by atoms with E-state index in [1.807, 2.05) is 6.07 Å². The molecular formula is C13H20N4. The van der Waals surface area contributed by atoms with E-state index in [-0.39, 0.29) is 0 Å². The number of likely N-dealkylation sites (N-methyl/N-ethyl adjacent to an activating group) is 1. The van der Waals surface area contributed by atoms with Crippen LogP contribution in [0.4, 0.5) is 11.4 Å². The van der Waals surface area contributed by atoms with Gasteiger partial charge in [-0.1, -0.05) is 0 Å². The maximum absolute atomic E-state index is 8.98. The fourth-order valence-electron chi connectivity index (χ4n) is 1.43. The molecule has 0 amide bonds. The summed E-state index contributed by atoms with van der Waals surface area (Å²) >= 11 is 0. The first-order valence-corrected chi connectivity index (χ1v) is 5.78. The van der Waals surface area contributed by atoms with Gasteiger partial charge in [-0.15, -0.1) is 0 Å². The Hall–Kier alpha value is -1.73. The number of benzene rings is 1. The molecule has 1 aromatic carbocycles. The highest BCUT2D eigenvalue weighted by atomic mass is 15.1. The van der Waals surface area contributed by atoms with Gasteiger partial charge in [0.25, 0.3) is 0 Å². The number of nitrogen functional groups attached to an aromatic ring is 1. The van der Waals surface area contributed by atoms with E-state index in [1.54, 1.807) is 12.1 Å². The zero-order valence-corrected chi connectivity index (χ0v) is 10.7. The van der Waals surface area contributed by atoms with Crippen molar-refractivity contribution < 1.29 is 0 Å². The van der Waals surface area contributed by atoms with E-state index in [9.17, 15) is 0 Å². The molecule has 1 rings (SSSR count). The Morgan fingerprint density at radius 2 is 2.18 bits per heavy atom. The van der Waals surface area contributed by atoms with E-state index in [0.717, 1.165) is 18.8 Å². The molecule has 0 atom stereocenters. The summed E-state index contributed by atoms with van der Waals surface area (Å²) < 4.78 is 0. The van der Waals surface area contributed by atoms with Crippen LogP contribution in [-0.2, 0) is 0 Å². The zero-order valence-electron chi connectivity index (χ0n) is 10.7. The molecule has 0 fully saturated rings. The van der Waals surface area contributed by atoms with E-state index in [2.05, 4.69) is 37.2 Å². The maximum atomic E-state index is 8.98. The van der Waals surface area contributed by atoms with E-state index >= 15 is 0 Å². The minimum atomic E-state index is 0.527. The second-order valence-corrected chi connectivity index (χ2v) is 4.42. The molecule has 1 aromatic rings. The first kappa shape index (κ1) is 13.3. The number of nitrogens with zero attached hydrogens (tertiary/aromatic N) is 2. The van der Waals surface area contributed by atoms with Crippen molar-refractivity contribution in [2.45, 2.75) is 19.9 Å². The van der Waals surface area contributed by atoms with E-state index in [1.165, 1.54) is 0 Å². The summed E-state index contributed by atoms with van der Waals surface area (Å²) in [6.45, 7) is 6.06. The predicted octanol–water partition coefficient (Wildman–Crippen LogP) is 1.89. The van der Waals surface area contributed by atoms with E-state index in [0.29, 0.717) is 17.3 Å². The largest absolute Gasteiger partial charge is 0.399 e. The normalized spacial score (nSPS) is 10.6. The number of nitriles is 1. The van der Waals surface area contributed by atoms with Gasteiger partial charge in [0, 0.05) is 24.8 Å². The fourth-order valence-corrected chi connectivity index (χ4v) is 1.43. The second-order valence-electron chi connectivity index (χ2n) is 4.42. The summed E-state index contributed by atoms with van der Waals surface area (Å²) in [4.78, 5) is 2.25. The van der Waals surface area contributed by atoms with Crippen LogP contribution in [0.15, 0.2) is 18.2 Å². The standard InChI is InChI=1S/C13H20N4/c1-10(2)17(3)7-6-16-13-5-4-12(15)8-11(13)9-14/h4-5,8,10,16H,6-7,15H2,1-3H3. The molecule has 0 aliphatic carbocycles. The third kappa shape index (κ3) is 3.97. The van der Waals surface area contributed by atoms with Crippen LogP contribution in [0.2, 0.25) is 0 Å². The fraction of sp³-hybridized carbons (Fsp3) is 0.462. The minimum Gasteiger partial charge on any atom is -0.399 e. The number of rotatable bonds is 5. The van der Waals surface area contributed by atoms with Crippen molar-refractivity contribution >= 4 is 11.4 Å². The second kappa shape index (κ2) is 6.12. The molecule has 0 unspecified atom stereocenters.